The summed E-state index contributed by atoms with van der Waals surface area (Å²) in [6.45, 7) is 5.74. The first kappa shape index (κ1) is 16.6. The summed E-state index contributed by atoms with van der Waals surface area (Å²) in [5.41, 5.74) is 5.85. The van der Waals surface area contributed by atoms with E-state index in [1.807, 2.05) is 23.1 Å². The molecule has 0 spiro atoms. The second-order valence-corrected chi connectivity index (χ2v) is 7.06. The molecule has 2 heterocycles. The Labute approximate surface area is 152 Å². The Hall–Kier alpha value is -2.89. The minimum Gasteiger partial charge on any atom is -0.381 e. The number of piperidine rings is 1. The van der Waals surface area contributed by atoms with E-state index in [1.54, 1.807) is 0 Å². The number of rotatable bonds is 3. The van der Waals surface area contributed by atoms with Gasteiger partial charge in [0.15, 0.2) is 0 Å². The third-order valence-electron chi connectivity index (χ3n) is 5.15. The molecule has 1 aromatic heterocycles. The summed E-state index contributed by atoms with van der Waals surface area (Å²) >= 11 is 0. The standard InChI is InChI=1S/C20H23N5O/c1-13-5-7-16(10-14(13)2)21-17-4-3-9-25(12-17)20(26)15-6-8-18-19(11-15)23-24-22-18/h5-8,10-11,17,21H,3-4,9,12H2,1-2H3,(H,22,23,24). The van der Waals surface area contributed by atoms with Gasteiger partial charge in [0, 0.05) is 30.4 Å². The first-order valence-electron chi connectivity index (χ1n) is 9.04. The van der Waals surface area contributed by atoms with E-state index in [0.717, 1.165) is 36.1 Å². The summed E-state index contributed by atoms with van der Waals surface area (Å²) in [6.07, 6.45) is 2.07. The lowest BCUT2D eigenvalue weighted by molar-refractivity contribution is 0.0715. The molecular weight excluding hydrogens is 326 g/mol. The average Bonchev–Trinajstić information content (AvgIpc) is 3.12. The van der Waals surface area contributed by atoms with E-state index in [1.165, 1.54) is 11.1 Å². The molecule has 6 nitrogen and oxygen atoms in total. The topological polar surface area (TPSA) is 73.9 Å². The van der Waals surface area contributed by atoms with Gasteiger partial charge in [-0.1, -0.05) is 6.07 Å². The molecule has 26 heavy (non-hydrogen) atoms. The monoisotopic (exact) mass is 349 g/mol. The first-order valence-corrected chi connectivity index (χ1v) is 9.04. The van der Waals surface area contributed by atoms with Crippen molar-refractivity contribution in [3.63, 3.8) is 0 Å². The zero-order valence-electron chi connectivity index (χ0n) is 15.1. The van der Waals surface area contributed by atoms with Crippen LogP contribution in [0.4, 0.5) is 5.69 Å². The second-order valence-electron chi connectivity index (χ2n) is 7.06. The number of carbonyl (C=O) groups excluding carboxylic acids is 1. The number of aromatic nitrogens is 3. The SMILES string of the molecule is Cc1ccc(NC2CCCN(C(=O)c3ccc4n[nH]nc4c3)C2)cc1C. The van der Waals surface area contributed by atoms with Gasteiger partial charge >= 0.3 is 0 Å². The molecule has 1 aliphatic rings. The van der Waals surface area contributed by atoms with Crippen LogP contribution in [-0.4, -0.2) is 45.3 Å². The normalized spacial score (nSPS) is 17.5. The molecule has 0 aliphatic carbocycles. The molecule has 4 rings (SSSR count). The molecule has 1 amide bonds. The summed E-state index contributed by atoms with van der Waals surface area (Å²) in [4.78, 5) is 14.8. The van der Waals surface area contributed by atoms with E-state index >= 15 is 0 Å². The summed E-state index contributed by atoms with van der Waals surface area (Å²) in [7, 11) is 0. The number of nitrogens with zero attached hydrogens (tertiary/aromatic N) is 3. The van der Waals surface area contributed by atoms with E-state index in [9.17, 15) is 4.79 Å². The molecule has 2 aromatic carbocycles. The Kier molecular flexibility index (Phi) is 4.32. The highest BCUT2D eigenvalue weighted by molar-refractivity contribution is 5.97. The maximum absolute atomic E-state index is 12.9. The van der Waals surface area contributed by atoms with Gasteiger partial charge in [-0.15, -0.1) is 0 Å². The summed E-state index contributed by atoms with van der Waals surface area (Å²) in [6, 6.07) is 12.2. The van der Waals surface area contributed by atoms with Gasteiger partial charge < -0.3 is 10.2 Å². The van der Waals surface area contributed by atoms with Crippen LogP contribution >= 0.6 is 0 Å². The van der Waals surface area contributed by atoms with E-state index in [4.69, 9.17) is 0 Å². The summed E-state index contributed by atoms with van der Waals surface area (Å²) < 4.78 is 0. The third kappa shape index (κ3) is 3.27. The smallest absolute Gasteiger partial charge is 0.254 e. The lowest BCUT2D eigenvalue weighted by atomic mass is 10.0. The van der Waals surface area contributed by atoms with Crippen molar-refractivity contribution in [1.82, 2.24) is 20.3 Å². The lowest BCUT2D eigenvalue weighted by Gasteiger charge is -2.34. The van der Waals surface area contributed by atoms with Crippen LogP contribution in [0, 0.1) is 13.8 Å². The zero-order chi connectivity index (χ0) is 18.1. The number of aryl methyl sites for hydroxylation is 2. The fraction of sp³-hybridized carbons (Fsp3) is 0.350. The Morgan fingerprint density at radius 1 is 1.12 bits per heavy atom. The van der Waals surface area contributed by atoms with Crippen molar-refractivity contribution in [3.8, 4) is 0 Å². The van der Waals surface area contributed by atoms with Gasteiger partial charge in [-0.2, -0.15) is 15.4 Å². The van der Waals surface area contributed by atoms with Crippen molar-refractivity contribution < 1.29 is 4.79 Å². The number of hydrogen-bond donors (Lipinski definition) is 2. The predicted molar refractivity (Wildman–Crippen MR) is 102 cm³/mol. The highest BCUT2D eigenvalue weighted by Crippen LogP contribution is 2.21. The molecule has 0 radical (unpaired) electrons. The molecule has 2 N–H and O–H groups in total. The van der Waals surface area contributed by atoms with Gasteiger partial charge in [-0.25, -0.2) is 0 Å². The van der Waals surface area contributed by atoms with E-state index in [2.05, 4.69) is 52.8 Å². The van der Waals surface area contributed by atoms with Crippen LogP contribution in [0.3, 0.4) is 0 Å². The number of nitrogens with one attached hydrogen (secondary N) is 2. The molecule has 6 heteroatoms. The maximum Gasteiger partial charge on any atom is 0.254 e. The molecule has 1 fully saturated rings. The van der Waals surface area contributed by atoms with Crippen molar-refractivity contribution in [2.24, 2.45) is 0 Å². The molecule has 1 unspecified atom stereocenters. The fourth-order valence-electron chi connectivity index (χ4n) is 3.50. The van der Waals surface area contributed by atoms with Crippen molar-refractivity contribution in [2.45, 2.75) is 32.7 Å². The number of H-pyrrole nitrogens is 1. The van der Waals surface area contributed by atoms with Crippen LogP contribution in [0.2, 0.25) is 0 Å². The van der Waals surface area contributed by atoms with Crippen molar-refractivity contribution in [2.75, 3.05) is 18.4 Å². The largest absolute Gasteiger partial charge is 0.381 e. The number of hydrogen-bond acceptors (Lipinski definition) is 4. The van der Waals surface area contributed by atoms with Gasteiger partial charge in [-0.05, 0) is 68.1 Å². The Morgan fingerprint density at radius 2 is 1.96 bits per heavy atom. The number of benzene rings is 2. The van der Waals surface area contributed by atoms with Crippen molar-refractivity contribution in [3.05, 3.63) is 53.1 Å². The number of likely N-dealkylation sites (tertiary alicyclic amines) is 1. The van der Waals surface area contributed by atoms with Gasteiger partial charge in [0.1, 0.15) is 11.0 Å². The molecule has 1 aliphatic heterocycles. The number of anilines is 1. The minimum atomic E-state index is 0.0569. The van der Waals surface area contributed by atoms with Crippen LogP contribution < -0.4 is 5.32 Å². The number of carbonyl (C=O) groups is 1. The van der Waals surface area contributed by atoms with Crippen LogP contribution in [-0.2, 0) is 0 Å². The van der Waals surface area contributed by atoms with Crippen LogP contribution in [0.1, 0.15) is 34.3 Å². The van der Waals surface area contributed by atoms with Crippen LogP contribution in [0.15, 0.2) is 36.4 Å². The van der Waals surface area contributed by atoms with Gasteiger partial charge in [0.05, 0.1) is 0 Å². The number of amides is 1. The molecule has 0 saturated carbocycles. The summed E-state index contributed by atoms with van der Waals surface area (Å²) in [5.74, 6) is 0.0569. The Balaban J connectivity index is 1.46. The van der Waals surface area contributed by atoms with E-state index in [0.29, 0.717) is 12.1 Å². The third-order valence-corrected chi connectivity index (χ3v) is 5.15. The highest BCUT2D eigenvalue weighted by atomic mass is 16.2. The molecule has 3 aromatic rings. The lowest BCUT2D eigenvalue weighted by Crippen LogP contribution is -2.45. The molecule has 1 saturated heterocycles. The number of aromatic amines is 1. The first-order chi connectivity index (χ1) is 12.6. The molecule has 134 valence electrons. The number of fused-ring (bicyclic) bond motifs is 1. The fourth-order valence-corrected chi connectivity index (χ4v) is 3.50. The summed E-state index contributed by atoms with van der Waals surface area (Å²) in [5, 5.41) is 14.3. The Morgan fingerprint density at radius 3 is 2.81 bits per heavy atom. The van der Waals surface area contributed by atoms with E-state index < -0.39 is 0 Å². The van der Waals surface area contributed by atoms with Gasteiger partial charge in [0.25, 0.3) is 5.91 Å². The second kappa shape index (κ2) is 6.78. The predicted octanol–water partition coefficient (Wildman–Crippen LogP) is 3.29. The molecule has 1 atom stereocenters. The minimum absolute atomic E-state index is 0.0569. The van der Waals surface area contributed by atoms with Crippen LogP contribution in [0.5, 0.6) is 0 Å². The molecular formula is C20H23N5O. The Bertz CT molecular complexity index is 948. The van der Waals surface area contributed by atoms with Crippen molar-refractivity contribution >= 4 is 22.6 Å². The average molecular weight is 349 g/mol. The highest BCUT2D eigenvalue weighted by Gasteiger charge is 2.24. The van der Waals surface area contributed by atoms with Crippen LogP contribution in [0.25, 0.3) is 11.0 Å². The van der Waals surface area contributed by atoms with Gasteiger partial charge in [0.2, 0.25) is 0 Å². The molecule has 0 bridgehead atoms. The zero-order valence-corrected chi connectivity index (χ0v) is 15.1. The van der Waals surface area contributed by atoms with Gasteiger partial charge in [-0.3, -0.25) is 4.79 Å². The quantitative estimate of drug-likeness (QED) is 0.761. The van der Waals surface area contributed by atoms with Crippen molar-refractivity contribution in [1.29, 1.82) is 0 Å². The van der Waals surface area contributed by atoms with E-state index in [-0.39, 0.29) is 11.9 Å². The maximum atomic E-state index is 12.9.